The highest BCUT2D eigenvalue weighted by Gasteiger charge is 2.27. The summed E-state index contributed by atoms with van der Waals surface area (Å²) in [6, 6.07) is 4.12. The molecule has 96 valence electrons. The molecule has 2 rings (SSSR count). The van der Waals surface area contributed by atoms with Gasteiger partial charge in [-0.15, -0.1) is 0 Å². The normalized spacial score (nSPS) is 23.7. The second kappa shape index (κ2) is 5.81. The van der Waals surface area contributed by atoms with Crippen LogP contribution in [0.15, 0.2) is 12.3 Å². The van der Waals surface area contributed by atoms with E-state index in [1.54, 1.807) is 12.3 Å². The largest absolute Gasteiger partial charge is 0.351 e. The summed E-state index contributed by atoms with van der Waals surface area (Å²) in [5.41, 5.74) is 0.421. The molecule has 4 nitrogen and oxygen atoms in total. The standard InChI is InChI=1S/C14H20N4/c1-10(2)12-5-3-4-6-13(12)18-14-16-8-7-11(9-15)17-14/h7-8,10,12-13H,3-6H2,1-2H3,(H,16,17,18). The molecule has 0 saturated heterocycles. The van der Waals surface area contributed by atoms with Crippen LogP contribution in [0, 0.1) is 23.2 Å². The van der Waals surface area contributed by atoms with E-state index in [0.29, 0.717) is 29.5 Å². The third kappa shape index (κ3) is 2.98. The van der Waals surface area contributed by atoms with Gasteiger partial charge in [0, 0.05) is 12.2 Å². The van der Waals surface area contributed by atoms with Crippen molar-refractivity contribution in [2.24, 2.45) is 11.8 Å². The molecule has 1 aromatic rings. The minimum absolute atomic E-state index is 0.421. The summed E-state index contributed by atoms with van der Waals surface area (Å²) in [6.45, 7) is 4.55. The lowest BCUT2D eigenvalue weighted by Gasteiger charge is -2.34. The van der Waals surface area contributed by atoms with E-state index >= 15 is 0 Å². The van der Waals surface area contributed by atoms with Crippen molar-refractivity contribution < 1.29 is 0 Å². The number of aromatic nitrogens is 2. The highest BCUT2D eigenvalue weighted by atomic mass is 15.1. The Balaban J connectivity index is 2.08. The zero-order valence-corrected chi connectivity index (χ0v) is 11.1. The van der Waals surface area contributed by atoms with Crippen molar-refractivity contribution in [3.8, 4) is 6.07 Å². The lowest BCUT2D eigenvalue weighted by atomic mass is 9.78. The molecule has 1 N–H and O–H groups in total. The average molecular weight is 244 g/mol. The summed E-state index contributed by atoms with van der Waals surface area (Å²) >= 11 is 0. The SMILES string of the molecule is CC(C)C1CCCCC1Nc1nccc(C#N)n1. The first kappa shape index (κ1) is 12.8. The Morgan fingerprint density at radius 1 is 1.39 bits per heavy atom. The summed E-state index contributed by atoms with van der Waals surface area (Å²) in [5, 5.41) is 12.3. The smallest absolute Gasteiger partial charge is 0.224 e. The molecule has 0 aliphatic heterocycles. The minimum atomic E-state index is 0.421. The number of hydrogen-bond acceptors (Lipinski definition) is 4. The number of anilines is 1. The Morgan fingerprint density at radius 3 is 2.89 bits per heavy atom. The van der Waals surface area contributed by atoms with Crippen LogP contribution >= 0.6 is 0 Å². The predicted octanol–water partition coefficient (Wildman–Crippen LogP) is 2.97. The van der Waals surface area contributed by atoms with Gasteiger partial charge in [-0.1, -0.05) is 26.7 Å². The molecule has 1 aromatic heterocycles. The molecule has 4 heteroatoms. The van der Waals surface area contributed by atoms with E-state index in [0.717, 1.165) is 0 Å². The van der Waals surface area contributed by atoms with Crippen LogP contribution in [-0.4, -0.2) is 16.0 Å². The molecule has 0 radical (unpaired) electrons. The van der Waals surface area contributed by atoms with Crippen molar-refractivity contribution in [2.45, 2.75) is 45.6 Å². The van der Waals surface area contributed by atoms with Crippen LogP contribution in [-0.2, 0) is 0 Å². The van der Waals surface area contributed by atoms with Gasteiger partial charge in [-0.3, -0.25) is 0 Å². The molecule has 0 bridgehead atoms. The molecular weight excluding hydrogens is 224 g/mol. The summed E-state index contributed by atoms with van der Waals surface area (Å²) in [5.74, 6) is 1.93. The number of rotatable bonds is 3. The van der Waals surface area contributed by atoms with E-state index in [9.17, 15) is 0 Å². The zero-order chi connectivity index (χ0) is 13.0. The van der Waals surface area contributed by atoms with Crippen LogP contribution in [0.3, 0.4) is 0 Å². The van der Waals surface area contributed by atoms with E-state index in [-0.39, 0.29) is 0 Å². The lowest BCUT2D eigenvalue weighted by molar-refractivity contribution is 0.253. The van der Waals surface area contributed by atoms with Crippen LogP contribution < -0.4 is 5.32 Å². The van der Waals surface area contributed by atoms with Crippen molar-refractivity contribution in [1.29, 1.82) is 5.26 Å². The molecule has 1 fully saturated rings. The summed E-state index contributed by atoms with van der Waals surface area (Å²) in [6.07, 6.45) is 6.66. The van der Waals surface area contributed by atoms with Crippen LogP contribution in [0.2, 0.25) is 0 Å². The molecular formula is C14H20N4. The van der Waals surface area contributed by atoms with Crippen LogP contribution in [0.1, 0.15) is 45.2 Å². The van der Waals surface area contributed by atoms with Gasteiger partial charge in [-0.05, 0) is 30.7 Å². The molecule has 0 spiro atoms. The average Bonchev–Trinajstić information content (AvgIpc) is 2.39. The fraction of sp³-hybridized carbons (Fsp3) is 0.643. The molecule has 2 unspecified atom stereocenters. The van der Waals surface area contributed by atoms with Gasteiger partial charge >= 0.3 is 0 Å². The van der Waals surface area contributed by atoms with Crippen molar-refractivity contribution >= 4 is 5.95 Å². The highest BCUT2D eigenvalue weighted by Crippen LogP contribution is 2.31. The van der Waals surface area contributed by atoms with Gasteiger partial charge in [-0.2, -0.15) is 5.26 Å². The topological polar surface area (TPSA) is 61.6 Å². The lowest BCUT2D eigenvalue weighted by Crippen LogP contribution is -2.35. The van der Waals surface area contributed by atoms with E-state index in [4.69, 9.17) is 5.26 Å². The zero-order valence-electron chi connectivity index (χ0n) is 11.1. The third-order valence-electron chi connectivity index (χ3n) is 3.76. The van der Waals surface area contributed by atoms with Crippen molar-refractivity contribution in [1.82, 2.24) is 9.97 Å². The molecule has 0 aromatic carbocycles. The summed E-state index contributed by atoms with van der Waals surface area (Å²) in [4.78, 5) is 8.40. The minimum Gasteiger partial charge on any atom is -0.351 e. The fourth-order valence-electron chi connectivity index (χ4n) is 2.79. The van der Waals surface area contributed by atoms with Crippen molar-refractivity contribution in [3.05, 3.63) is 18.0 Å². The Labute approximate surface area is 108 Å². The maximum Gasteiger partial charge on any atom is 0.224 e. The Morgan fingerprint density at radius 2 is 2.17 bits per heavy atom. The molecule has 1 aliphatic carbocycles. The van der Waals surface area contributed by atoms with Gasteiger partial charge in [-0.25, -0.2) is 9.97 Å². The Hall–Kier alpha value is -1.63. The monoisotopic (exact) mass is 244 g/mol. The van der Waals surface area contributed by atoms with Gasteiger partial charge in [0.1, 0.15) is 11.8 Å². The molecule has 1 heterocycles. The van der Waals surface area contributed by atoms with Gasteiger partial charge in [0.25, 0.3) is 0 Å². The first-order valence-corrected chi connectivity index (χ1v) is 6.70. The molecule has 1 aliphatic rings. The first-order valence-electron chi connectivity index (χ1n) is 6.70. The summed E-state index contributed by atoms with van der Waals surface area (Å²) in [7, 11) is 0. The number of nitriles is 1. The van der Waals surface area contributed by atoms with Crippen LogP contribution in [0.25, 0.3) is 0 Å². The predicted molar refractivity (Wildman–Crippen MR) is 71.0 cm³/mol. The van der Waals surface area contributed by atoms with Gasteiger partial charge < -0.3 is 5.32 Å². The number of hydrogen-bond donors (Lipinski definition) is 1. The number of nitrogens with one attached hydrogen (secondary N) is 1. The van der Waals surface area contributed by atoms with E-state index in [1.165, 1.54) is 25.7 Å². The van der Waals surface area contributed by atoms with Crippen molar-refractivity contribution in [2.75, 3.05) is 5.32 Å². The maximum atomic E-state index is 8.84. The molecule has 1 saturated carbocycles. The van der Waals surface area contributed by atoms with Gasteiger partial charge in [0.15, 0.2) is 0 Å². The van der Waals surface area contributed by atoms with Gasteiger partial charge in [0.2, 0.25) is 5.95 Å². The highest BCUT2D eigenvalue weighted by molar-refractivity contribution is 5.31. The summed E-state index contributed by atoms with van der Waals surface area (Å²) < 4.78 is 0. The second-order valence-electron chi connectivity index (χ2n) is 5.32. The maximum absolute atomic E-state index is 8.84. The van der Waals surface area contributed by atoms with E-state index in [2.05, 4.69) is 29.1 Å². The quantitative estimate of drug-likeness (QED) is 0.888. The van der Waals surface area contributed by atoms with E-state index in [1.807, 2.05) is 6.07 Å². The van der Waals surface area contributed by atoms with Crippen molar-refractivity contribution in [3.63, 3.8) is 0 Å². The third-order valence-corrected chi connectivity index (χ3v) is 3.76. The first-order chi connectivity index (χ1) is 8.70. The molecule has 18 heavy (non-hydrogen) atoms. The fourth-order valence-corrected chi connectivity index (χ4v) is 2.79. The van der Waals surface area contributed by atoms with E-state index < -0.39 is 0 Å². The van der Waals surface area contributed by atoms with Crippen LogP contribution in [0.4, 0.5) is 5.95 Å². The Kier molecular flexibility index (Phi) is 4.14. The van der Waals surface area contributed by atoms with Gasteiger partial charge in [0.05, 0.1) is 0 Å². The molecule has 0 amide bonds. The Bertz CT molecular complexity index is 436. The molecule has 2 atom stereocenters. The van der Waals surface area contributed by atoms with Crippen LogP contribution in [0.5, 0.6) is 0 Å². The number of nitrogens with zero attached hydrogens (tertiary/aromatic N) is 3. The second-order valence-corrected chi connectivity index (χ2v) is 5.32.